The Morgan fingerprint density at radius 1 is 1.38 bits per heavy atom. The fourth-order valence-corrected chi connectivity index (χ4v) is 3.06. The van der Waals surface area contributed by atoms with E-state index < -0.39 is 0 Å². The van der Waals surface area contributed by atoms with E-state index in [1.54, 1.807) is 11.2 Å². The van der Waals surface area contributed by atoms with Crippen LogP contribution in [0.3, 0.4) is 0 Å². The van der Waals surface area contributed by atoms with Crippen LogP contribution < -0.4 is 0 Å². The first-order chi connectivity index (χ1) is 11.5. The van der Waals surface area contributed by atoms with Crippen molar-refractivity contribution < 1.29 is 13.7 Å². The Bertz CT molecular complexity index is 676. The van der Waals surface area contributed by atoms with Crippen molar-refractivity contribution in [3.63, 3.8) is 0 Å². The lowest BCUT2D eigenvalue weighted by Gasteiger charge is -2.24. The summed E-state index contributed by atoms with van der Waals surface area (Å²) in [5, 5.41) is 4.10. The Kier molecular flexibility index (Phi) is 5.04. The first kappa shape index (κ1) is 16.8. The van der Waals surface area contributed by atoms with Gasteiger partial charge in [0, 0.05) is 25.1 Å². The molecule has 0 N–H and O–H groups in total. The Labute approximate surface area is 142 Å². The Morgan fingerprint density at radius 3 is 2.92 bits per heavy atom. The van der Waals surface area contributed by atoms with Gasteiger partial charge >= 0.3 is 0 Å². The molecule has 1 amide bonds. The molecule has 2 aromatic heterocycles. The molecule has 0 fully saturated rings. The van der Waals surface area contributed by atoms with E-state index in [2.05, 4.69) is 17.0 Å². The van der Waals surface area contributed by atoms with E-state index in [0.29, 0.717) is 24.7 Å². The molecule has 0 saturated heterocycles. The third-order valence-corrected chi connectivity index (χ3v) is 4.52. The first-order valence-corrected chi connectivity index (χ1v) is 8.48. The van der Waals surface area contributed by atoms with Crippen molar-refractivity contribution in [2.75, 3.05) is 27.2 Å². The van der Waals surface area contributed by atoms with Crippen molar-refractivity contribution in [2.24, 2.45) is 5.92 Å². The van der Waals surface area contributed by atoms with E-state index in [0.717, 1.165) is 42.9 Å². The molecule has 1 atom stereocenters. The van der Waals surface area contributed by atoms with Crippen LogP contribution in [-0.4, -0.2) is 48.0 Å². The molecule has 2 heterocycles. The molecular formula is C18H25N3O3. The molecule has 0 aliphatic heterocycles. The third-order valence-electron chi connectivity index (χ3n) is 4.52. The quantitative estimate of drug-likeness (QED) is 0.814. The van der Waals surface area contributed by atoms with Crippen molar-refractivity contribution in [3.05, 3.63) is 41.2 Å². The predicted octanol–water partition coefficient (Wildman–Crippen LogP) is 2.60. The van der Waals surface area contributed by atoms with Crippen LogP contribution in [0.1, 0.15) is 40.9 Å². The van der Waals surface area contributed by atoms with Crippen LogP contribution in [0.5, 0.6) is 0 Å². The Balaban J connectivity index is 1.81. The van der Waals surface area contributed by atoms with Gasteiger partial charge in [-0.05, 0) is 45.0 Å². The van der Waals surface area contributed by atoms with Crippen LogP contribution in [0, 0.1) is 5.92 Å². The topological polar surface area (TPSA) is 62.7 Å². The highest BCUT2D eigenvalue weighted by Gasteiger charge is 2.29. The van der Waals surface area contributed by atoms with Crippen LogP contribution in [-0.2, 0) is 19.4 Å². The van der Waals surface area contributed by atoms with E-state index in [1.165, 1.54) is 0 Å². The van der Waals surface area contributed by atoms with Crippen molar-refractivity contribution >= 4 is 5.91 Å². The molecule has 24 heavy (non-hydrogen) atoms. The molecule has 0 aromatic carbocycles. The van der Waals surface area contributed by atoms with Crippen LogP contribution in [0.4, 0.5) is 0 Å². The normalized spacial score (nSPS) is 17.1. The lowest BCUT2D eigenvalue weighted by molar-refractivity contribution is 0.0708. The molecule has 3 rings (SSSR count). The second kappa shape index (κ2) is 7.21. The minimum atomic E-state index is -0.0765. The SMILES string of the molecule is C[C@@H]1CCc2onc(C(=O)N(CCN(C)C)Cc3ccco3)c2C1. The van der Waals surface area contributed by atoms with Crippen molar-refractivity contribution in [1.29, 1.82) is 0 Å². The third kappa shape index (κ3) is 3.70. The average Bonchev–Trinajstić information content (AvgIpc) is 3.19. The number of rotatable bonds is 6. The van der Waals surface area contributed by atoms with Crippen LogP contribution in [0.2, 0.25) is 0 Å². The standard InChI is InChI=1S/C18H25N3O3/c1-13-6-7-16-15(11-13)17(19-24-16)18(22)21(9-8-20(2)3)12-14-5-4-10-23-14/h4-5,10,13H,6-9,11-12H2,1-3H3/t13-/m1/s1. The summed E-state index contributed by atoms with van der Waals surface area (Å²) >= 11 is 0. The van der Waals surface area contributed by atoms with Crippen molar-refractivity contribution in [1.82, 2.24) is 15.0 Å². The highest BCUT2D eigenvalue weighted by molar-refractivity contribution is 5.93. The fraction of sp³-hybridized carbons (Fsp3) is 0.556. The van der Waals surface area contributed by atoms with Gasteiger partial charge in [0.1, 0.15) is 11.5 Å². The zero-order valence-corrected chi connectivity index (χ0v) is 14.6. The molecule has 0 bridgehead atoms. The number of nitrogens with zero attached hydrogens (tertiary/aromatic N) is 3. The number of amides is 1. The molecule has 0 spiro atoms. The molecule has 6 nitrogen and oxygen atoms in total. The van der Waals surface area contributed by atoms with Crippen molar-refractivity contribution in [2.45, 2.75) is 32.7 Å². The lowest BCUT2D eigenvalue weighted by Crippen LogP contribution is -2.37. The molecule has 1 aliphatic rings. The van der Waals surface area contributed by atoms with Gasteiger partial charge in [-0.1, -0.05) is 12.1 Å². The zero-order chi connectivity index (χ0) is 17.1. The minimum Gasteiger partial charge on any atom is -0.467 e. The summed E-state index contributed by atoms with van der Waals surface area (Å²) in [6.07, 6.45) is 4.45. The summed E-state index contributed by atoms with van der Waals surface area (Å²) in [5.74, 6) is 2.13. The highest BCUT2D eigenvalue weighted by Crippen LogP contribution is 2.28. The van der Waals surface area contributed by atoms with Gasteiger partial charge in [-0.15, -0.1) is 0 Å². The number of aromatic nitrogens is 1. The number of carbonyl (C=O) groups excluding carboxylic acids is 1. The van der Waals surface area contributed by atoms with E-state index >= 15 is 0 Å². The second-order valence-electron chi connectivity index (χ2n) is 6.89. The number of carbonyl (C=O) groups is 1. The van der Waals surface area contributed by atoms with E-state index in [1.807, 2.05) is 26.2 Å². The largest absolute Gasteiger partial charge is 0.467 e. The molecule has 0 unspecified atom stereocenters. The van der Waals surface area contributed by atoms with E-state index in [9.17, 15) is 4.79 Å². The summed E-state index contributed by atoms with van der Waals surface area (Å²) in [4.78, 5) is 16.9. The number of aryl methyl sites for hydroxylation is 1. The summed E-state index contributed by atoms with van der Waals surface area (Å²) in [5.41, 5.74) is 1.47. The number of hydrogen-bond donors (Lipinski definition) is 0. The molecule has 0 saturated carbocycles. The van der Waals surface area contributed by atoms with Gasteiger partial charge in [0.25, 0.3) is 5.91 Å². The second-order valence-corrected chi connectivity index (χ2v) is 6.89. The summed E-state index contributed by atoms with van der Waals surface area (Å²) in [6, 6.07) is 3.72. The molecule has 0 radical (unpaired) electrons. The molecular weight excluding hydrogens is 306 g/mol. The predicted molar refractivity (Wildman–Crippen MR) is 89.7 cm³/mol. The average molecular weight is 331 g/mol. The Hall–Kier alpha value is -2.08. The van der Waals surface area contributed by atoms with Crippen molar-refractivity contribution in [3.8, 4) is 0 Å². The van der Waals surface area contributed by atoms with Gasteiger partial charge in [-0.2, -0.15) is 0 Å². The summed E-state index contributed by atoms with van der Waals surface area (Å²) in [6.45, 7) is 4.04. The Morgan fingerprint density at radius 2 is 2.21 bits per heavy atom. The molecule has 2 aromatic rings. The summed E-state index contributed by atoms with van der Waals surface area (Å²) in [7, 11) is 3.99. The first-order valence-electron chi connectivity index (χ1n) is 8.48. The van der Waals surface area contributed by atoms with Gasteiger partial charge in [0.15, 0.2) is 5.69 Å². The van der Waals surface area contributed by atoms with Gasteiger partial charge < -0.3 is 18.7 Å². The number of hydrogen-bond acceptors (Lipinski definition) is 5. The van der Waals surface area contributed by atoms with E-state index in [4.69, 9.17) is 8.94 Å². The highest BCUT2D eigenvalue weighted by atomic mass is 16.5. The zero-order valence-electron chi connectivity index (χ0n) is 14.6. The maximum absolute atomic E-state index is 13.1. The number of furan rings is 1. The monoisotopic (exact) mass is 331 g/mol. The molecule has 6 heteroatoms. The number of likely N-dealkylation sites (N-methyl/N-ethyl adjacent to an activating group) is 1. The lowest BCUT2D eigenvalue weighted by atomic mass is 9.88. The maximum Gasteiger partial charge on any atom is 0.276 e. The maximum atomic E-state index is 13.1. The fourth-order valence-electron chi connectivity index (χ4n) is 3.06. The smallest absolute Gasteiger partial charge is 0.276 e. The van der Waals surface area contributed by atoms with Crippen LogP contribution in [0.25, 0.3) is 0 Å². The minimum absolute atomic E-state index is 0.0765. The van der Waals surface area contributed by atoms with Crippen LogP contribution >= 0.6 is 0 Å². The van der Waals surface area contributed by atoms with Gasteiger partial charge in [-0.25, -0.2) is 0 Å². The van der Waals surface area contributed by atoms with Gasteiger partial charge in [0.05, 0.1) is 12.8 Å². The van der Waals surface area contributed by atoms with E-state index in [-0.39, 0.29) is 5.91 Å². The van der Waals surface area contributed by atoms with Crippen LogP contribution in [0.15, 0.2) is 27.3 Å². The molecule has 1 aliphatic carbocycles. The van der Waals surface area contributed by atoms with Gasteiger partial charge in [0.2, 0.25) is 0 Å². The summed E-state index contributed by atoms with van der Waals surface area (Å²) < 4.78 is 10.9. The van der Waals surface area contributed by atoms with Gasteiger partial charge in [-0.3, -0.25) is 4.79 Å². The molecule has 130 valence electrons. The number of fused-ring (bicyclic) bond motifs is 1.